The van der Waals surface area contributed by atoms with Gasteiger partial charge in [0.05, 0.1) is 25.0 Å². The van der Waals surface area contributed by atoms with Crippen LogP contribution in [0.5, 0.6) is 11.5 Å². The normalized spacial score (nSPS) is 10.6. The number of pyridine rings is 1. The van der Waals surface area contributed by atoms with Crippen molar-refractivity contribution in [2.45, 2.75) is 6.54 Å². The minimum Gasteiger partial charge on any atom is -1.00 e. The van der Waals surface area contributed by atoms with Gasteiger partial charge in [0, 0.05) is 11.5 Å². The Morgan fingerprint density at radius 2 is 1.74 bits per heavy atom. The summed E-state index contributed by atoms with van der Waals surface area (Å²) in [6.45, 7) is 0.447. The van der Waals surface area contributed by atoms with Crippen LogP contribution in [-0.2, 0) is 6.54 Å². The number of ether oxygens (including phenoxy) is 2. The number of rotatable bonds is 4. The van der Waals surface area contributed by atoms with Crippen LogP contribution in [0.4, 0.5) is 4.39 Å². The molecule has 0 aliphatic heterocycles. The third-order valence-corrected chi connectivity index (χ3v) is 3.75. The van der Waals surface area contributed by atoms with Crippen LogP contribution in [0, 0.1) is 5.82 Å². The fourth-order valence-corrected chi connectivity index (χ4v) is 2.74. The topological polar surface area (TPSA) is 42.6 Å². The van der Waals surface area contributed by atoms with Crippen molar-refractivity contribution in [3.05, 3.63) is 42.3 Å². The van der Waals surface area contributed by atoms with Crippen LogP contribution in [-0.4, -0.2) is 25.9 Å². The molecule has 23 heavy (non-hydrogen) atoms. The Hall–Kier alpha value is -1.92. The molecule has 0 spiro atoms. The minimum absolute atomic E-state index is 0. The molecule has 3 aromatic rings. The Morgan fingerprint density at radius 1 is 1.04 bits per heavy atom. The zero-order chi connectivity index (χ0) is 15.7. The van der Waals surface area contributed by atoms with Crippen molar-refractivity contribution in [3.63, 3.8) is 0 Å². The van der Waals surface area contributed by atoms with Gasteiger partial charge in [-0.1, -0.05) is 0 Å². The molecule has 1 heterocycles. The number of aliphatic hydroxyl groups excluding tert-OH is 1. The molecule has 0 radical (unpaired) electrons. The Morgan fingerprint density at radius 3 is 2.39 bits per heavy atom. The van der Waals surface area contributed by atoms with Gasteiger partial charge in [-0.25, -0.2) is 4.39 Å². The van der Waals surface area contributed by atoms with E-state index in [4.69, 9.17) is 9.47 Å². The molecule has 0 bridgehead atoms. The zero-order valence-corrected chi connectivity index (χ0v) is 14.4. The lowest BCUT2D eigenvalue weighted by atomic mass is 10.0. The van der Waals surface area contributed by atoms with E-state index in [1.807, 2.05) is 22.9 Å². The van der Waals surface area contributed by atoms with Crippen LogP contribution < -0.4 is 31.0 Å². The average Bonchev–Trinajstić information content (AvgIpc) is 2.53. The maximum Gasteiger partial charge on any atom is 0.213 e. The quantitative estimate of drug-likeness (QED) is 0.486. The van der Waals surface area contributed by atoms with Crippen molar-refractivity contribution in [1.29, 1.82) is 0 Å². The summed E-state index contributed by atoms with van der Waals surface area (Å²) < 4.78 is 26.3. The van der Waals surface area contributed by atoms with E-state index in [1.54, 1.807) is 20.3 Å². The van der Waals surface area contributed by atoms with Gasteiger partial charge in [-0.05, 0) is 24.3 Å². The van der Waals surface area contributed by atoms with E-state index in [2.05, 4.69) is 0 Å². The summed E-state index contributed by atoms with van der Waals surface area (Å²) in [6.07, 6.45) is 1.92. The van der Waals surface area contributed by atoms with E-state index in [9.17, 15) is 9.50 Å². The first-order chi connectivity index (χ1) is 10.7. The van der Waals surface area contributed by atoms with Crippen LogP contribution in [0.15, 0.2) is 36.5 Å². The van der Waals surface area contributed by atoms with Crippen LogP contribution in [0.1, 0.15) is 0 Å². The Balaban J connectivity index is 0.00000192. The van der Waals surface area contributed by atoms with E-state index < -0.39 is 0 Å². The molecule has 4 nitrogen and oxygen atoms in total. The van der Waals surface area contributed by atoms with Gasteiger partial charge in [0.2, 0.25) is 5.52 Å². The van der Waals surface area contributed by atoms with Gasteiger partial charge in [0.15, 0.2) is 24.2 Å². The number of halogens is 2. The molecule has 0 atom stereocenters. The van der Waals surface area contributed by atoms with Crippen molar-refractivity contribution < 1.29 is 40.5 Å². The summed E-state index contributed by atoms with van der Waals surface area (Å²) in [7, 11) is 3.15. The van der Waals surface area contributed by atoms with Gasteiger partial charge >= 0.3 is 0 Å². The lowest BCUT2D eigenvalue weighted by molar-refractivity contribution is -0.671. The molecule has 0 unspecified atom stereocenters. The highest BCUT2D eigenvalue weighted by molar-refractivity contribution is 6.05. The molecular weight excluding hydrogens is 365 g/mol. The molecule has 0 fully saturated rings. The first kappa shape index (κ1) is 17.4. The van der Waals surface area contributed by atoms with Crippen LogP contribution in [0.2, 0.25) is 0 Å². The number of hydrogen-bond donors (Lipinski definition) is 1. The van der Waals surface area contributed by atoms with Gasteiger partial charge in [-0.2, -0.15) is 4.57 Å². The number of aliphatic hydroxyl groups is 1. The van der Waals surface area contributed by atoms with E-state index in [-0.39, 0.29) is 29.4 Å². The molecule has 1 aromatic heterocycles. The fraction of sp³-hybridized carbons (Fsp3) is 0.235. The van der Waals surface area contributed by atoms with Gasteiger partial charge in [-0.15, -0.1) is 0 Å². The molecular formula is C17H17BrFNO3. The molecule has 0 amide bonds. The van der Waals surface area contributed by atoms with E-state index >= 15 is 0 Å². The van der Waals surface area contributed by atoms with Crippen molar-refractivity contribution >= 4 is 21.7 Å². The van der Waals surface area contributed by atoms with Crippen LogP contribution in [0.3, 0.4) is 0 Å². The Kier molecular flexibility index (Phi) is 5.38. The fourth-order valence-electron chi connectivity index (χ4n) is 2.74. The molecule has 122 valence electrons. The highest BCUT2D eigenvalue weighted by Crippen LogP contribution is 2.34. The molecule has 0 saturated carbocycles. The monoisotopic (exact) mass is 381 g/mol. The third-order valence-electron chi connectivity index (χ3n) is 3.75. The van der Waals surface area contributed by atoms with E-state index in [1.165, 1.54) is 12.1 Å². The first-order valence-corrected chi connectivity index (χ1v) is 6.96. The molecule has 0 saturated heterocycles. The largest absolute Gasteiger partial charge is 1.00 e. The van der Waals surface area contributed by atoms with Crippen molar-refractivity contribution in [1.82, 2.24) is 0 Å². The maximum absolute atomic E-state index is 13.7. The predicted molar refractivity (Wildman–Crippen MR) is 81.8 cm³/mol. The van der Waals surface area contributed by atoms with Gasteiger partial charge in [-0.3, -0.25) is 0 Å². The summed E-state index contributed by atoms with van der Waals surface area (Å²) >= 11 is 0. The number of benzene rings is 2. The summed E-state index contributed by atoms with van der Waals surface area (Å²) in [5.74, 6) is 0.909. The minimum atomic E-state index is -0.301. The van der Waals surface area contributed by atoms with Crippen molar-refractivity contribution in [3.8, 4) is 11.5 Å². The van der Waals surface area contributed by atoms with Crippen molar-refractivity contribution in [2.75, 3.05) is 20.8 Å². The smallest absolute Gasteiger partial charge is 0.213 e. The SMILES string of the molecule is COc1cc2c[n+](CCO)c3ccc(F)cc3c2cc1OC.[Br-]. The van der Waals surface area contributed by atoms with Crippen molar-refractivity contribution in [2.24, 2.45) is 0 Å². The van der Waals surface area contributed by atoms with Gasteiger partial charge < -0.3 is 31.6 Å². The standard InChI is InChI=1S/C17H17FNO3.BrH/c1-21-16-7-11-10-19(5-6-20)15-4-3-12(18)8-14(15)13(11)9-17(16)22-2;/h3-4,7-10,20H,5-6H2,1-2H3;1H/q+1;/p-1. The Labute approximate surface area is 143 Å². The van der Waals surface area contributed by atoms with Crippen LogP contribution >= 0.6 is 0 Å². The second kappa shape index (κ2) is 7.10. The summed E-state index contributed by atoms with van der Waals surface area (Å²) in [5.41, 5.74) is 0.857. The predicted octanol–water partition coefficient (Wildman–Crippen LogP) is -0.567. The zero-order valence-electron chi connectivity index (χ0n) is 12.8. The number of nitrogens with zero attached hydrogens (tertiary/aromatic N) is 1. The number of hydrogen-bond acceptors (Lipinski definition) is 3. The lowest BCUT2D eigenvalue weighted by Gasteiger charge is -2.10. The number of methoxy groups -OCH3 is 2. The lowest BCUT2D eigenvalue weighted by Crippen LogP contribution is -3.00. The molecule has 6 heteroatoms. The highest BCUT2D eigenvalue weighted by Gasteiger charge is 2.16. The second-order valence-electron chi connectivity index (χ2n) is 5.00. The molecule has 0 aliphatic rings. The average molecular weight is 382 g/mol. The molecule has 2 aromatic carbocycles. The summed E-state index contributed by atoms with van der Waals surface area (Å²) in [6, 6.07) is 8.34. The molecule has 0 aliphatic carbocycles. The van der Waals surface area contributed by atoms with Crippen LogP contribution in [0.25, 0.3) is 21.7 Å². The van der Waals surface area contributed by atoms with E-state index in [0.717, 1.165) is 21.7 Å². The maximum atomic E-state index is 13.7. The highest BCUT2D eigenvalue weighted by atomic mass is 79.9. The second-order valence-corrected chi connectivity index (χ2v) is 5.00. The number of aromatic nitrogens is 1. The molecule has 3 rings (SSSR count). The molecule has 1 N–H and O–H groups in total. The van der Waals surface area contributed by atoms with Gasteiger partial charge in [0.1, 0.15) is 12.4 Å². The van der Waals surface area contributed by atoms with Gasteiger partial charge in [0.25, 0.3) is 0 Å². The number of fused-ring (bicyclic) bond motifs is 3. The van der Waals surface area contributed by atoms with E-state index in [0.29, 0.717) is 18.0 Å². The third kappa shape index (κ3) is 3.09. The summed E-state index contributed by atoms with van der Waals surface area (Å²) in [4.78, 5) is 0. The summed E-state index contributed by atoms with van der Waals surface area (Å²) in [5, 5.41) is 11.8. The Bertz CT molecular complexity index is 854. The first-order valence-electron chi connectivity index (χ1n) is 6.96.